The molecule has 0 atom stereocenters. The summed E-state index contributed by atoms with van der Waals surface area (Å²) in [6.07, 6.45) is 15.9. The molecule has 0 radical (unpaired) electrons. The smallest absolute Gasteiger partial charge is 0.153 e. The van der Waals surface area contributed by atoms with E-state index in [4.69, 9.17) is 0 Å². The molecule has 0 aliphatic heterocycles. The third-order valence-corrected chi connectivity index (χ3v) is 5.01. The molecule has 3 heteroatoms. The molecule has 0 spiro atoms. The second-order valence-corrected chi connectivity index (χ2v) is 7.59. The van der Waals surface area contributed by atoms with Crippen LogP contribution in [0.4, 0.5) is 0 Å². The van der Waals surface area contributed by atoms with E-state index in [0.717, 1.165) is 12.8 Å². The molecule has 0 aromatic heterocycles. The molecule has 0 saturated heterocycles. The Morgan fingerprint density at radius 2 is 1.26 bits per heavy atom. The summed E-state index contributed by atoms with van der Waals surface area (Å²) < 4.78 is 23.1. The SMILES string of the molecule is C/C=C/CS(=O)(=O)CCCCCCCCCCCC. The van der Waals surface area contributed by atoms with Gasteiger partial charge in [0.2, 0.25) is 0 Å². The quantitative estimate of drug-likeness (QED) is 0.357. The molecular formula is C16H32O2S. The lowest BCUT2D eigenvalue weighted by molar-refractivity contribution is 0.558. The molecule has 0 fully saturated rings. The van der Waals surface area contributed by atoms with Gasteiger partial charge in [0.15, 0.2) is 9.84 Å². The maximum Gasteiger partial charge on any atom is 0.153 e. The van der Waals surface area contributed by atoms with Crippen LogP contribution in [-0.4, -0.2) is 19.9 Å². The zero-order chi connectivity index (χ0) is 14.4. The molecule has 0 unspecified atom stereocenters. The van der Waals surface area contributed by atoms with Crippen molar-refractivity contribution in [2.75, 3.05) is 11.5 Å². The van der Waals surface area contributed by atoms with Crippen molar-refractivity contribution in [3.8, 4) is 0 Å². The van der Waals surface area contributed by atoms with E-state index in [9.17, 15) is 8.42 Å². The third kappa shape index (κ3) is 13.9. The highest BCUT2D eigenvalue weighted by Crippen LogP contribution is 2.11. The molecule has 19 heavy (non-hydrogen) atoms. The van der Waals surface area contributed by atoms with Gasteiger partial charge in [-0.05, 0) is 13.3 Å². The van der Waals surface area contributed by atoms with Gasteiger partial charge in [-0.2, -0.15) is 0 Å². The minimum absolute atomic E-state index is 0.209. The first-order chi connectivity index (χ1) is 9.12. The molecule has 0 aliphatic carbocycles. The fourth-order valence-electron chi connectivity index (χ4n) is 2.14. The van der Waals surface area contributed by atoms with Crippen molar-refractivity contribution in [2.24, 2.45) is 0 Å². The van der Waals surface area contributed by atoms with E-state index in [2.05, 4.69) is 6.92 Å². The highest BCUT2D eigenvalue weighted by molar-refractivity contribution is 7.91. The van der Waals surface area contributed by atoms with E-state index < -0.39 is 9.84 Å². The summed E-state index contributed by atoms with van der Waals surface area (Å²) in [5, 5.41) is 0. The fraction of sp³-hybridized carbons (Fsp3) is 0.875. The van der Waals surface area contributed by atoms with Crippen LogP contribution in [-0.2, 0) is 9.84 Å². The minimum Gasteiger partial charge on any atom is -0.229 e. The summed E-state index contributed by atoms with van der Waals surface area (Å²) in [6.45, 7) is 4.10. The molecule has 0 saturated carbocycles. The molecule has 0 aromatic carbocycles. The van der Waals surface area contributed by atoms with Gasteiger partial charge in [0.25, 0.3) is 0 Å². The molecule has 2 nitrogen and oxygen atoms in total. The van der Waals surface area contributed by atoms with Gasteiger partial charge in [0.1, 0.15) is 0 Å². The van der Waals surface area contributed by atoms with Crippen molar-refractivity contribution < 1.29 is 8.42 Å². The minimum atomic E-state index is -2.84. The Hall–Kier alpha value is -0.310. The van der Waals surface area contributed by atoms with Crippen molar-refractivity contribution in [2.45, 2.75) is 78.1 Å². The van der Waals surface area contributed by atoms with Gasteiger partial charge in [-0.3, -0.25) is 0 Å². The van der Waals surface area contributed by atoms with Crippen molar-refractivity contribution >= 4 is 9.84 Å². The van der Waals surface area contributed by atoms with Crippen LogP contribution in [0.15, 0.2) is 12.2 Å². The van der Waals surface area contributed by atoms with Gasteiger partial charge in [0, 0.05) is 0 Å². The van der Waals surface area contributed by atoms with Crippen molar-refractivity contribution in [1.82, 2.24) is 0 Å². The standard InChI is InChI=1S/C16H32O2S/c1-3-5-7-8-9-10-11-12-13-14-16-19(17,18)15-6-4-2/h4,6H,3,5,7-16H2,1-2H3/b6-4+. The van der Waals surface area contributed by atoms with Crippen LogP contribution in [0.5, 0.6) is 0 Å². The number of unbranched alkanes of at least 4 members (excludes halogenated alkanes) is 9. The lowest BCUT2D eigenvalue weighted by atomic mass is 10.1. The molecule has 0 aliphatic rings. The Balaban J connectivity index is 3.31. The van der Waals surface area contributed by atoms with Crippen LogP contribution in [0.1, 0.15) is 78.1 Å². The van der Waals surface area contributed by atoms with Gasteiger partial charge in [-0.15, -0.1) is 0 Å². The molecule has 0 N–H and O–H groups in total. The number of hydrogen-bond acceptors (Lipinski definition) is 2. The van der Waals surface area contributed by atoms with Gasteiger partial charge < -0.3 is 0 Å². The molecule has 0 aromatic rings. The zero-order valence-corrected chi connectivity index (χ0v) is 13.7. The summed E-state index contributed by atoms with van der Waals surface area (Å²) in [7, 11) is -2.84. The lowest BCUT2D eigenvalue weighted by Gasteiger charge is -2.03. The highest BCUT2D eigenvalue weighted by Gasteiger charge is 2.07. The maximum absolute atomic E-state index is 11.6. The summed E-state index contributed by atoms with van der Waals surface area (Å²) in [5.74, 6) is 0.564. The van der Waals surface area contributed by atoms with Gasteiger partial charge in [-0.1, -0.05) is 76.9 Å². The predicted molar refractivity (Wildman–Crippen MR) is 85.3 cm³/mol. The molecule has 0 heterocycles. The van der Waals surface area contributed by atoms with Gasteiger partial charge in [-0.25, -0.2) is 8.42 Å². The monoisotopic (exact) mass is 288 g/mol. The first-order valence-corrected chi connectivity index (χ1v) is 9.76. The van der Waals surface area contributed by atoms with Crippen molar-refractivity contribution in [3.63, 3.8) is 0 Å². The van der Waals surface area contributed by atoms with Gasteiger partial charge in [0.05, 0.1) is 11.5 Å². The molecule has 0 amide bonds. The number of rotatable bonds is 13. The maximum atomic E-state index is 11.6. The van der Waals surface area contributed by atoms with Crippen LogP contribution in [0, 0.1) is 0 Å². The Labute approximate surface area is 120 Å². The molecule has 114 valence electrons. The first-order valence-electron chi connectivity index (χ1n) is 7.94. The second-order valence-electron chi connectivity index (χ2n) is 5.37. The fourth-order valence-corrected chi connectivity index (χ4v) is 3.43. The molecule has 0 bridgehead atoms. The Bertz CT molecular complexity index is 305. The first kappa shape index (κ1) is 18.7. The second kappa shape index (κ2) is 12.7. The van der Waals surface area contributed by atoms with Crippen LogP contribution < -0.4 is 0 Å². The van der Waals surface area contributed by atoms with Crippen molar-refractivity contribution in [3.05, 3.63) is 12.2 Å². The average Bonchev–Trinajstić information content (AvgIpc) is 2.38. The molecular weight excluding hydrogens is 256 g/mol. The van der Waals surface area contributed by atoms with Crippen LogP contribution in [0.2, 0.25) is 0 Å². The Kier molecular flexibility index (Phi) is 12.5. The van der Waals surface area contributed by atoms with E-state index in [-0.39, 0.29) is 5.75 Å². The van der Waals surface area contributed by atoms with E-state index >= 15 is 0 Å². The average molecular weight is 288 g/mol. The van der Waals surface area contributed by atoms with Crippen LogP contribution >= 0.6 is 0 Å². The summed E-state index contributed by atoms with van der Waals surface area (Å²) in [6, 6.07) is 0. The Morgan fingerprint density at radius 3 is 1.74 bits per heavy atom. The number of allylic oxidation sites excluding steroid dienone is 1. The van der Waals surface area contributed by atoms with E-state index in [1.807, 2.05) is 6.92 Å². The van der Waals surface area contributed by atoms with Gasteiger partial charge >= 0.3 is 0 Å². The largest absolute Gasteiger partial charge is 0.229 e. The van der Waals surface area contributed by atoms with Crippen LogP contribution in [0.3, 0.4) is 0 Å². The zero-order valence-electron chi connectivity index (χ0n) is 12.9. The topological polar surface area (TPSA) is 34.1 Å². The normalized spacial score (nSPS) is 12.3. The van der Waals surface area contributed by atoms with E-state index in [1.165, 1.54) is 51.4 Å². The van der Waals surface area contributed by atoms with Crippen LogP contribution in [0.25, 0.3) is 0 Å². The van der Waals surface area contributed by atoms with E-state index in [1.54, 1.807) is 12.2 Å². The Morgan fingerprint density at radius 1 is 0.789 bits per heavy atom. The molecule has 0 rings (SSSR count). The highest BCUT2D eigenvalue weighted by atomic mass is 32.2. The lowest BCUT2D eigenvalue weighted by Crippen LogP contribution is -2.09. The number of hydrogen-bond donors (Lipinski definition) is 0. The predicted octanol–water partition coefficient (Wildman–Crippen LogP) is 4.90. The van der Waals surface area contributed by atoms with E-state index in [0.29, 0.717) is 5.75 Å². The summed E-state index contributed by atoms with van der Waals surface area (Å²) >= 11 is 0. The van der Waals surface area contributed by atoms with Crippen molar-refractivity contribution in [1.29, 1.82) is 0 Å². The summed E-state index contributed by atoms with van der Waals surface area (Å²) in [4.78, 5) is 0. The number of sulfone groups is 1. The summed E-state index contributed by atoms with van der Waals surface area (Å²) in [5.41, 5.74) is 0. The third-order valence-electron chi connectivity index (χ3n) is 3.39.